The van der Waals surface area contributed by atoms with Crippen LogP contribution in [0.25, 0.3) is 10.9 Å². The zero-order valence-electron chi connectivity index (χ0n) is 27.8. The van der Waals surface area contributed by atoms with E-state index in [0.29, 0.717) is 40.1 Å². The third-order valence-corrected chi connectivity index (χ3v) is 9.90. The van der Waals surface area contributed by atoms with Gasteiger partial charge in [0.1, 0.15) is 24.2 Å². The minimum atomic E-state index is -1.41. The largest absolute Gasteiger partial charge is 0.445 e. The topological polar surface area (TPSA) is 151 Å². The highest BCUT2D eigenvalue weighted by atomic mass is 35.5. The van der Waals surface area contributed by atoms with E-state index < -0.39 is 35.5 Å². The number of ether oxygens (including phenoxy) is 1. The van der Waals surface area contributed by atoms with Crippen LogP contribution in [0.3, 0.4) is 0 Å². The van der Waals surface area contributed by atoms with E-state index in [-0.39, 0.29) is 31.3 Å². The molecule has 0 saturated carbocycles. The molecule has 5 rings (SSSR count). The summed E-state index contributed by atoms with van der Waals surface area (Å²) in [5.41, 5.74) is 1.87. The fourth-order valence-corrected chi connectivity index (χ4v) is 6.68. The minimum absolute atomic E-state index is 0.0501. The summed E-state index contributed by atoms with van der Waals surface area (Å²) in [4.78, 5) is 49.6. The number of carbonyl (C=O) groups excluding carboxylic acids is 3. The first-order valence-corrected chi connectivity index (χ1v) is 17.1. The first-order valence-electron chi connectivity index (χ1n) is 16.3. The van der Waals surface area contributed by atoms with Gasteiger partial charge < -0.3 is 30.2 Å². The molecule has 2 aromatic heterocycles. The van der Waals surface area contributed by atoms with Crippen LogP contribution >= 0.6 is 23.2 Å². The van der Waals surface area contributed by atoms with E-state index in [1.165, 1.54) is 0 Å². The van der Waals surface area contributed by atoms with Crippen molar-refractivity contribution >= 4 is 52.0 Å². The van der Waals surface area contributed by atoms with Gasteiger partial charge >= 0.3 is 6.09 Å². The van der Waals surface area contributed by atoms with Gasteiger partial charge in [-0.1, -0.05) is 99.2 Å². The summed E-state index contributed by atoms with van der Waals surface area (Å²) >= 11 is 13.0. The standard InChI is InChI=1S/C35H42Cl2N6O5/c1-6-19(3)28(41-34(46)47-18-22-11-9-8-10-12-22)31(44)42-35(33(45)40-29(20(4)7-2)32-38-21(5)43-48-32)14-13-27-25(17-35)24-15-23(36)16-26(37)30(24)39-27/h8-12,15-16,19-20,28-29,39H,6-7,13-14,17-18H2,1-5H3,(H,40,45)(H,41,46)(H,42,44)/t19?,20?,28?,29?,35-/m1/s1. The van der Waals surface area contributed by atoms with Gasteiger partial charge in [-0.2, -0.15) is 4.98 Å². The van der Waals surface area contributed by atoms with Crippen molar-refractivity contribution in [3.05, 3.63) is 81.0 Å². The van der Waals surface area contributed by atoms with Crippen molar-refractivity contribution in [1.82, 2.24) is 31.1 Å². The highest BCUT2D eigenvalue weighted by Gasteiger charge is 2.47. The van der Waals surface area contributed by atoms with Gasteiger partial charge in [0, 0.05) is 22.5 Å². The summed E-state index contributed by atoms with van der Waals surface area (Å²) in [6.07, 6.45) is 1.45. The molecule has 5 atom stereocenters. The number of amides is 3. The molecule has 48 heavy (non-hydrogen) atoms. The first kappa shape index (κ1) is 35.2. The number of hydrogen-bond acceptors (Lipinski definition) is 7. The molecule has 3 amide bonds. The molecule has 2 aromatic carbocycles. The van der Waals surface area contributed by atoms with Crippen molar-refractivity contribution in [3.63, 3.8) is 0 Å². The van der Waals surface area contributed by atoms with Gasteiger partial charge in [0.05, 0.1) is 10.5 Å². The molecule has 0 radical (unpaired) electrons. The van der Waals surface area contributed by atoms with Crippen LogP contribution in [0.2, 0.25) is 10.0 Å². The zero-order valence-corrected chi connectivity index (χ0v) is 29.3. The van der Waals surface area contributed by atoms with E-state index >= 15 is 0 Å². The summed E-state index contributed by atoms with van der Waals surface area (Å²) in [5, 5.41) is 14.6. The average molecular weight is 698 g/mol. The summed E-state index contributed by atoms with van der Waals surface area (Å²) < 4.78 is 11.0. The van der Waals surface area contributed by atoms with Crippen LogP contribution in [0, 0.1) is 18.8 Å². The number of halogens is 2. The van der Waals surface area contributed by atoms with E-state index in [9.17, 15) is 14.4 Å². The SMILES string of the molecule is CCC(C)C(NC(=O)OCc1ccccc1)C(=O)N[C@]1(C(=O)NC(c2nc(C)no2)C(C)CC)CCc2[nH]c3c(Cl)cc(Cl)cc3c2C1. The van der Waals surface area contributed by atoms with Crippen LogP contribution in [0.4, 0.5) is 4.79 Å². The predicted octanol–water partition coefficient (Wildman–Crippen LogP) is 6.75. The molecule has 4 unspecified atom stereocenters. The molecule has 13 heteroatoms. The van der Waals surface area contributed by atoms with Crippen molar-refractivity contribution in [1.29, 1.82) is 0 Å². The molecule has 4 N–H and O–H groups in total. The Labute approximate surface area is 289 Å². The molecule has 1 aliphatic rings. The van der Waals surface area contributed by atoms with E-state index in [4.69, 9.17) is 32.5 Å². The Hall–Kier alpha value is -4.09. The van der Waals surface area contributed by atoms with Gasteiger partial charge in [0.15, 0.2) is 5.82 Å². The lowest BCUT2D eigenvalue weighted by Crippen LogP contribution is -2.65. The summed E-state index contributed by atoms with van der Waals surface area (Å²) in [7, 11) is 0. The molecule has 0 spiro atoms. The maximum absolute atomic E-state index is 14.6. The van der Waals surface area contributed by atoms with E-state index in [2.05, 4.69) is 31.1 Å². The van der Waals surface area contributed by atoms with Crippen molar-refractivity contribution in [2.45, 2.75) is 91.0 Å². The Morgan fingerprint density at radius 2 is 1.79 bits per heavy atom. The Kier molecular flexibility index (Phi) is 11.0. The van der Waals surface area contributed by atoms with Crippen molar-refractivity contribution < 1.29 is 23.6 Å². The highest BCUT2D eigenvalue weighted by Crippen LogP contribution is 2.39. The molecule has 1 aliphatic carbocycles. The number of nitrogens with zero attached hydrogens (tertiary/aromatic N) is 2. The Balaban J connectivity index is 1.47. The van der Waals surface area contributed by atoms with Gasteiger partial charge in [-0.3, -0.25) is 9.59 Å². The van der Waals surface area contributed by atoms with E-state index in [1.807, 2.05) is 64.1 Å². The molecular formula is C35H42Cl2N6O5. The van der Waals surface area contributed by atoms with Crippen molar-refractivity contribution in [3.8, 4) is 0 Å². The van der Waals surface area contributed by atoms with Crippen LogP contribution in [0.15, 0.2) is 47.0 Å². The van der Waals surface area contributed by atoms with Crippen molar-refractivity contribution in [2.24, 2.45) is 11.8 Å². The molecule has 2 heterocycles. The number of H-pyrrole nitrogens is 1. The number of aryl methyl sites for hydroxylation is 2. The smallest absolute Gasteiger partial charge is 0.408 e. The second-order valence-corrected chi connectivity index (χ2v) is 13.6. The number of nitrogens with one attached hydrogen (secondary N) is 4. The molecule has 0 aliphatic heterocycles. The first-order chi connectivity index (χ1) is 22.9. The Morgan fingerprint density at radius 1 is 1.06 bits per heavy atom. The highest BCUT2D eigenvalue weighted by molar-refractivity contribution is 6.38. The molecule has 256 valence electrons. The zero-order chi connectivity index (χ0) is 34.6. The Bertz CT molecular complexity index is 1780. The van der Waals surface area contributed by atoms with Crippen molar-refractivity contribution in [2.75, 3.05) is 0 Å². The third kappa shape index (κ3) is 7.63. The van der Waals surface area contributed by atoms with Crippen LogP contribution in [0.1, 0.15) is 81.5 Å². The predicted molar refractivity (Wildman–Crippen MR) is 184 cm³/mol. The van der Waals surface area contributed by atoms with Crippen LogP contribution < -0.4 is 16.0 Å². The van der Waals surface area contributed by atoms with E-state index in [0.717, 1.165) is 28.6 Å². The molecular weight excluding hydrogens is 655 g/mol. The number of benzene rings is 2. The molecule has 11 nitrogen and oxygen atoms in total. The van der Waals surface area contributed by atoms with Gasteiger partial charge in [-0.15, -0.1) is 0 Å². The number of carbonyl (C=O) groups is 3. The number of alkyl carbamates (subject to hydrolysis) is 1. The van der Waals surface area contributed by atoms with Crippen LogP contribution in [-0.4, -0.2) is 44.6 Å². The molecule has 0 bridgehead atoms. The minimum Gasteiger partial charge on any atom is -0.445 e. The lowest BCUT2D eigenvalue weighted by atomic mass is 9.78. The summed E-state index contributed by atoms with van der Waals surface area (Å²) in [6.45, 7) is 9.56. The fraction of sp³-hybridized carbons (Fsp3) is 0.457. The normalized spacial score (nSPS) is 18.3. The van der Waals surface area contributed by atoms with Crippen LogP contribution in [-0.2, 0) is 33.8 Å². The number of fused-ring (bicyclic) bond motifs is 3. The second kappa shape index (κ2) is 15.0. The maximum atomic E-state index is 14.6. The number of aromatic nitrogens is 3. The maximum Gasteiger partial charge on any atom is 0.408 e. The molecule has 0 saturated heterocycles. The fourth-order valence-electron chi connectivity index (χ4n) is 6.14. The van der Waals surface area contributed by atoms with Crippen LogP contribution in [0.5, 0.6) is 0 Å². The monoisotopic (exact) mass is 696 g/mol. The van der Waals surface area contributed by atoms with Gasteiger partial charge in [-0.05, 0) is 54.9 Å². The molecule has 0 fully saturated rings. The number of rotatable bonds is 12. The van der Waals surface area contributed by atoms with Gasteiger partial charge in [0.2, 0.25) is 17.7 Å². The second-order valence-electron chi connectivity index (χ2n) is 12.7. The molecule has 4 aromatic rings. The van der Waals surface area contributed by atoms with E-state index in [1.54, 1.807) is 13.0 Å². The van der Waals surface area contributed by atoms with Gasteiger partial charge in [-0.25, -0.2) is 4.79 Å². The number of aromatic amines is 1. The lowest BCUT2D eigenvalue weighted by molar-refractivity contribution is -0.136. The lowest BCUT2D eigenvalue weighted by Gasteiger charge is -2.39. The number of hydrogen-bond donors (Lipinski definition) is 4. The van der Waals surface area contributed by atoms with Gasteiger partial charge in [0.25, 0.3) is 0 Å². The summed E-state index contributed by atoms with van der Waals surface area (Å²) in [5.74, 6) is -0.482. The quantitative estimate of drug-likeness (QED) is 0.128. The third-order valence-electron chi connectivity index (χ3n) is 9.39. The summed E-state index contributed by atoms with van der Waals surface area (Å²) in [6, 6.07) is 11.2. The average Bonchev–Trinajstić information content (AvgIpc) is 3.67. The Morgan fingerprint density at radius 3 is 2.46 bits per heavy atom.